The van der Waals surface area contributed by atoms with Gasteiger partial charge in [0.1, 0.15) is 11.6 Å². The van der Waals surface area contributed by atoms with Crippen molar-refractivity contribution in [3.05, 3.63) is 60.2 Å². The third kappa shape index (κ3) is 11.1. The molecule has 2 amide bonds. The Kier molecular flexibility index (Phi) is 14.8. The van der Waals surface area contributed by atoms with Crippen molar-refractivity contribution in [3.63, 3.8) is 0 Å². The van der Waals surface area contributed by atoms with Crippen molar-refractivity contribution < 1.29 is 19.8 Å². The van der Waals surface area contributed by atoms with Crippen LogP contribution in [0.3, 0.4) is 0 Å². The zero-order valence-corrected chi connectivity index (χ0v) is 35.9. The smallest absolute Gasteiger partial charge is 0.239 e. The third-order valence-electron chi connectivity index (χ3n) is 13.3. The van der Waals surface area contributed by atoms with Crippen molar-refractivity contribution in [1.29, 1.82) is 0 Å². The molecular formula is C46H66N10O4. The minimum Gasteiger partial charge on any atom is -0.393 e. The number of hydrogen-bond donors (Lipinski definition) is 6. The van der Waals surface area contributed by atoms with Gasteiger partial charge in [-0.3, -0.25) is 29.4 Å². The lowest BCUT2D eigenvalue weighted by atomic mass is 9.80. The number of carbonyl (C=O) groups is 2. The van der Waals surface area contributed by atoms with E-state index in [9.17, 15) is 19.8 Å². The van der Waals surface area contributed by atoms with Crippen LogP contribution >= 0.6 is 0 Å². The van der Waals surface area contributed by atoms with E-state index in [1.807, 2.05) is 50.5 Å². The molecule has 8 rings (SSSR count). The van der Waals surface area contributed by atoms with Crippen LogP contribution in [-0.2, 0) is 9.59 Å². The van der Waals surface area contributed by atoms with Gasteiger partial charge in [-0.15, -0.1) is 0 Å². The van der Waals surface area contributed by atoms with Crippen LogP contribution < -0.4 is 21.3 Å². The Morgan fingerprint density at radius 2 is 1.02 bits per heavy atom. The van der Waals surface area contributed by atoms with Crippen molar-refractivity contribution >= 4 is 45.3 Å². The molecular weight excluding hydrogens is 757 g/mol. The van der Waals surface area contributed by atoms with Crippen LogP contribution in [0.25, 0.3) is 21.8 Å². The van der Waals surface area contributed by atoms with E-state index < -0.39 is 0 Å². The number of fused-ring (bicyclic) bond motifs is 2. The van der Waals surface area contributed by atoms with Gasteiger partial charge in [-0.25, -0.2) is 9.97 Å². The second-order valence-corrected chi connectivity index (χ2v) is 17.7. The van der Waals surface area contributed by atoms with E-state index in [0.29, 0.717) is 35.6 Å². The maximum atomic E-state index is 12.4. The average molecular weight is 823 g/mol. The second-order valence-electron chi connectivity index (χ2n) is 17.7. The highest BCUT2D eigenvalue weighted by Crippen LogP contribution is 2.34. The minimum absolute atomic E-state index is 0.00570. The van der Waals surface area contributed by atoms with Crippen molar-refractivity contribution in [2.75, 3.05) is 49.9 Å². The van der Waals surface area contributed by atoms with Crippen molar-refractivity contribution in [1.82, 2.24) is 40.4 Å². The van der Waals surface area contributed by atoms with Crippen LogP contribution in [0.1, 0.15) is 89.2 Å². The molecule has 4 aliphatic rings. The van der Waals surface area contributed by atoms with E-state index in [1.54, 1.807) is 12.4 Å². The van der Waals surface area contributed by atoms with Gasteiger partial charge >= 0.3 is 0 Å². The fourth-order valence-corrected chi connectivity index (χ4v) is 9.65. The van der Waals surface area contributed by atoms with Crippen molar-refractivity contribution in [3.8, 4) is 0 Å². The Bertz CT molecular complexity index is 1900. The van der Waals surface area contributed by atoms with Crippen LogP contribution in [-0.4, -0.2) is 127 Å². The summed E-state index contributed by atoms with van der Waals surface area (Å²) in [6, 6.07) is 9.48. The molecule has 324 valence electrons. The van der Waals surface area contributed by atoms with Crippen LogP contribution in [0, 0.1) is 25.7 Å². The SMILES string of the molecule is CCC(O)C1CCC(N2CC(NC(=O)CNc3nccc4ncc(C)cc34)C2)CC1.CCC(O)C1CCC(N2CC(NC(=O)CNc3nccc4ncc(C)cc34)C2)CC1. The zero-order valence-electron chi connectivity index (χ0n) is 35.9. The van der Waals surface area contributed by atoms with E-state index >= 15 is 0 Å². The molecule has 14 heteroatoms. The number of hydrogen-bond acceptors (Lipinski definition) is 12. The third-order valence-corrected chi connectivity index (χ3v) is 13.3. The molecule has 2 saturated heterocycles. The first-order valence-electron chi connectivity index (χ1n) is 22.4. The molecule has 14 nitrogen and oxygen atoms in total. The number of amides is 2. The number of carbonyl (C=O) groups excluding carboxylic acids is 2. The Balaban J connectivity index is 0.000000181. The number of pyridine rings is 4. The van der Waals surface area contributed by atoms with Gasteiger partial charge < -0.3 is 31.5 Å². The monoisotopic (exact) mass is 823 g/mol. The van der Waals surface area contributed by atoms with E-state index in [2.05, 4.69) is 64.9 Å². The molecule has 4 aromatic heterocycles. The highest BCUT2D eigenvalue weighted by Gasteiger charge is 2.37. The molecule has 4 aromatic rings. The summed E-state index contributed by atoms with van der Waals surface area (Å²) in [5.41, 5.74) is 3.87. The van der Waals surface area contributed by atoms with Gasteiger partial charge in [-0.05, 0) is 125 Å². The first-order valence-corrected chi connectivity index (χ1v) is 22.4. The van der Waals surface area contributed by atoms with Crippen molar-refractivity contribution in [2.45, 2.75) is 128 Å². The Hall–Kier alpha value is -4.50. The zero-order chi connectivity index (χ0) is 42.2. The number of aliphatic hydroxyl groups is 2. The Labute approximate surface area is 354 Å². The topological polar surface area (TPSA) is 181 Å². The lowest BCUT2D eigenvalue weighted by Crippen LogP contribution is -2.63. The quantitative estimate of drug-likeness (QED) is 0.101. The maximum absolute atomic E-state index is 12.4. The van der Waals surface area contributed by atoms with Gasteiger partial charge in [0.25, 0.3) is 0 Å². The van der Waals surface area contributed by atoms with Crippen LogP contribution in [0.2, 0.25) is 0 Å². The number of likely N-dealkylation sites (tertiary alicyclic amines) is 2. The standard InChI is InChI=1S/2C23H33N5O2/c2*1-3-21(29)16-4-6-18(7-5-16)28-13-17(14-28)27-22(30)12-26-23-19-10-15(2)11-25-20(19)8-9-24-23/h2*8-11,16-18,21,29H,3-7,12-14H2,1-2H3,(H,24,26)(H,27,30). The lowest BCUT2D eigenvalue weighted by Gasteiger charge is -2.47. The summed E-state index contributed by atoms with van der Waals surface area (Å²) in [5.74, 6) is 2.31. The number of aliphatic hydroxyl groups excluding tert-OH is 2. The Morgan fingerprint density at radius 1 is 0.633 bits per heavy atom. The number of aryl methyl sites for hydroxylation is 2. The summed E-state index contributed by atoms with van der Waals surface area (Å²) in [6.45, 7) is 12.2. The number of nitrogens with zero attached hydrogens (tertiary/aromatic N) is 6. The first-order chi connectivity index (χ1) is 29.1. The Morgan fingerprint density at radius 3 is 1.38 bits per heavy atom. The van der Waals surface area contributed by atoms with Gasteiger partial charge in [0, 0.05) is 73.8 Å². The molecule has 60 heavy (non-hydrogen) atoms. The molecule has 0 aromatic carbocycles. The molecule has 2 unspecified atom stereocenters. The second kappa shape index (κ2) is 20.4. The van der Waals surface area contributed by atoms with E-state index in [4.69, 9.17) is 0 Å². The van der Waals surface area contributed by atoms with Gasteiger partial charge in [0.05, 0.1) is 48.4 Å². The molecule has 0 bridgehead atoms. The fraction of sp³-hybridized carbons (Fsp3) is 0.609. The summed E-state index contributed by atoms with van der Waals surface area (Å²) in [4.78, 5) is 47.3. The number of nitrogens with one attached hydrogen (secondary N) is 4. The maximum Gasteiger partial charge on any atom is 0.239 e. The molecule has 6 N–H and O–H groups in total. The molecule has 2 atom stereocenters. The van der Waals surface area contributed by atoms with Crippen LogP contribution in [0.5, 0.6) is 0 Å². The predicted molar refractivity (Wildman–Crippen MR) is 237 cm³/mol. The molecule has 0 spiro atoms. The molecule has 2 aliphatic heterocycles. The first kappa shape index (κ1) is 43.6. The molecule has 2 aliphatic carbocycles. The molecule has 6 heterocycles. The summed E-state index contributed by atoms with van der Waals surface area (Å²) < 4.78 is 0. The van der Waals surface area contributed by atoms with E-state index in [-0.39, 0.29) is 49.2 Å². The average Bonchev–Trinajstić information content (AvgIpc) is 3.24. The number of aromatic nitrogens is 4. The van der Waals surface area contributed by atoms with Crippen LogP contribution in [0.4, 0.5) is 11.6 Å². The highest BCUT2D eigenvalue weighted by molar-refractivity contribution is 5.92. The van der Waals surface area contributed by atoms with Crippen LogP contribution in [0.15, 0.2) is 49.1 Å². The van der Waals surface area contributed by atoms with E-state index in [0.717, 1.165) is 123 Å². The van der Waals surface area contributed by atoms with Gasteiger partial charge in [-0.1, -0.05) is 13.8 Å². The van der Waals surface area contributed by atoms with Gasteiger partial charge in [0.2, 0.25) is 11.8 Å². The summed E-state index contributed by atoms with van der Waals surface area (Å²) in [6.07, 6.45) is 17.6. The predicted octanol–water partition coefficient (Wildman–Crippen LogP) is 4.96. The van der Waals surface area contributed by atoms with Crippen molar-refractivity contribution in [2.24, 2.45) is 11.8 Å². The van der Waals surface area contributed by atoms with Gasteiger partial charge in [-0.2, -0.15) is 0 Å². The fourth-order valence-electron chi connectivity index (χ4n) is 9.65. The molecule has 4 fully saturated rings. The lowest BCUT2D eigenvalue weighted by molar-refractivity contribution is -0.122. The summed E-state index contributed by atoms with van der Waals surface area (Å²) in [7, 11) is 0. The normalized spacial score (nSPS) is 23.7. The largest absolute Gasteiger partial charge is 0.393 e. The molecule has 2 saturated carbocycles. The van der Waals surface area contributed by atoms with Gasteiger partial charge in [0.15, 0.2) is 0 Å². The minimum atomic E-state index is -0.141. The number of anilines is 2. The molecule has 0 radical (unpaired) electrons. The highest BCUT2D eigenvalue weighted by atomic mass is 16.3. The summed E-state index contributed by atoms with van der Waals surface area (Å²) >= 11 is 0. The summed E-state index contributed by atoms with van der Waals surface area (Å²) in [5, 5.41) is 34.5. The van der Waals surface area contributed by atoms with E-state index in [1.165, 1.54) is 0 Å². The number of rotatable bonds is 14.